The Morgan fingerprint density at radius 3 is 2.66 bits per heavy atom. The third-order valence-corrected chi connectivity index (χ3v) is 5.50. The van der Waals surface area contributed by atoms with Crippen LogP contribution in [0.15, 0.2) is 48.5 Å². The van der Waals surface area contributed by atoms with Crippen LogP contribution >= 0.6 is 12.4 Å². The molecular weight excluding hydrogens is 386 g/mol. The fourth-order valence-corrected chi connectivity index (χ4v) is 4.01. The van der Waals surface area contributed by atoms with E-state index in [0.717, 1.165) is 48.6 Å². The summed E-state index contributed by atoms with van der Waals surface area (Å²) in [6.45, 7) is 4.58. The predicted molar refractivity (Wildman–Crippen MR) is 120 cm³/mol. The molecule has 1 atom stereocenters. The summed E-state index contributed by atoms with van der Waals surface area (Å²) >= 11 is 0. The number of nitrogens with zero attached hydrogens (tertiary/aromatic N) is 1. The van der Waals surface area contributed by atoms with Crippen LogP contribution < -0.4 is 10.1 Å². The molecule has 1 fully saturated rings. The van der Waals surface area contributed by atoms with Crippen molar-refractivity contribution in [3.63, 3.8) is 0 Å². The average Bonchev–Trinajstić information content (AvgIpc) is 3.10. The molecule has 4 rings (SSSR count). The van der Waals surface area contributed by atoms with Crippen molar-refractivity contribution in [2.75, 3.05) is 26.7 Å². The van der Waals surface area contributed by atoms with Crippen LogP contribution in [0.25, 0.3) is 22.2 Å². The zero-order valence-corrected chi connectivity index (χ0v) is 17.7. The van der Waals surface area contributed by atoms with Gasteiger partial charge in [-0.1, -0.05) is 18.2 Å². The molecule has 1 saturated heterocycles. The number of aromatic amines is 1. The highest BCUT2D eigenvalue weighted by Gasteiger charge is 2.21. The second-order valence-corrected chi connectivity index (χ2v) is 7.45. The standard InChI is InChI=1S/C23H27N3O2.ClH/c1-16-15-26(14-13-24-16)22(27)12-11-20-19-5-3-4-6-21(19)25-23(20)17-7-9-18(28-2)10-8-17;/h3-10,16,24-25H,11-15H2,1-2H3;1H/t16-;/m1./s1. The molecule has 2 N–H and O–H groups in total. The summed E-state index contributed by atoms with van der Waals surface area (Å²) in [5, 5.41) is 4.58. The minimum atomic E-state index is 0. The van der Waals surface area contributed by atoms with E-state index >= 15 is 0 Å². The largest absolute Gasteiger partial charge is 0.497 e. The average molecular weight is 414 g/mol. The number of ether oxygens (including phenoxy) is 1. The van der Waals surface area contributed by atoms with Crippen molar-refractivity contribution in [2.24, 2.45) is 0 Å². The first-order chi connectivity index (χ1) is 13.7. The Kier molecular flexibility index (Phi) is 6.83. The first kappa shape index (κ1) is 21.2. The van der Waals surface area contributed by atoms with Gasteiger partial charge in [-0.15, -0.1) is 12.4 Å². The smallest absolute Gasteiger partial charge is 0.222 e. The van der Waals surface area contributed by atoms with Gasteiger partial charge in [-0.3, -0.25) is 4.79 Å². The number of methoxy groups -OCH3 is 1. The number of nitrogens with one attached hydrogen (secondary N) is 2. The van der Waals surface area contributed by atoms with Crippen LogP contribution in [0.3, 0.4) is 0 Å². The van der Waals surface area contributed by atoms with Gasteiger partial charge in [0.1, 0.15) is 5.75 Å². The SMILES string of the molecule is COc1ccc(-c2[nH]c3ccccc3c2CCC(=O)N2CCN[C@H](C)C2)cc1.Cl. The maximum atomic E-state index is 12.8. The molecule has 6 heteroatoms. The number of para-hydroxylation sites is 1. The minimum Gasteiger partial charge on any atom is -0.497 e. The summed E-state index contributed by atoms with van der Waals surface area (Å²) in [6, 6.07) is 16.7. The topological polar surface area (TPSA) is 57.4 Å². The van der Waals surface area contributed by atoms with E-state index in [4.69, 9.17) is 4.74 Å². The van der Waals surface area contributed by atoms with Crippen molar-refractivity contribution in [2.45, 2.75) is 25.8 Å². The van der Waals surface area contributed by atoms with Gasteiger partial charge in [0.25, 0.3) is 0 Å². The molecule has 1 aromatic heterocycles. The van der Waals surface area contributed by atoms with Gasteiger partial charge in [0, 0.05) is 48.7 Å². The Morgan fingerprint density at radius 2 is 1.93 bits per heavy atom. The van der Waals surface area contributed by atoms with Crippen LogP contribution in [0.4, 0.5) is 0 Å². The number of aryl methyl sites for hydroxylation is 1. The summed E-state index contributed by atoms with van der Waals surface area (Å²) in [4.78, 5) is 18.3. The first-order valence-corrected chi connectivity index (χ1v) is 9.91. The van der Waals surface area contributed by atoms with Gasteiger partial charge in [-0.2, -0.15) is 0 Å². The number of aromatic nitrogens is 1. The van der Waals surface area contributed by atoms with E-state index < -0.39 is 0 Å². The van der Waals surface area contributed by atoms with Gasteiger partial charge >= 0.3 is 0 Å². The molecule has 0 saturated carbocycles. The summed E-state index contributed by atoms with van der Waals surface area (Å²) in [7, 11) is 1.67. The number of halogens is 1. The van der Waals surface area contributed by atoms with Crippen molar-refractivity contribution >= 4 is 29.2 Å². The second kappa shape index (κ2) is 9.33. The van der Waals surface area contributed by atoms with Crippen molar-refractivity contribution in [3.05, 3.63) is 54.1 Å². The molecule has 3 aromatic rings. The summed E-state index contributed by atoms with van der Waals surface area (Å²) in [6.07, 6.45) is 1.25. The van der Waals surface area contributed by atoms with Gasteiger partial charge in [-0.25, -0.2) is 0 Å². The third-order valence-electron chi connectivity index (χ3n) is 5.50. The molecule has 29 heavy (non-hydrogen) atoms. The maximum absolute atomic E-state index is 12.8. The third kappa shape index (κ3) is 4.57. The van der Waals surface area contributed by atoms with Gasteiger partial charge in [0.05, 0.1) is 7.11 Å². The van der Waals surface area contributed by atoms with Crippen LogP contribution in [-0.4, -0.2) is 48.6 Å². The quantitative estimate of drug-likeness (QED) is 0.664. The number of carbonyl (C=O) groups is 1. The van der Waals surface area contributed by atoms with E-state index in [9.17, 15) is 4.79 Å². The lowest BCUT2D eigenvalue weighted by molar-refractivity contribution is -0.132. The lowest BCUT2D eigenvalue weighted by Gasteiger charge is -2.32. The highest BCUT2D eigenvalue weighted by molar-refractivity contribution is 5.91. The number of carbonyl (C=O) groups excluding carboxylic acids is 1. The maximum Gasteiger partial charge on any atom is 0.222 e. The Morgan fingerprint density at radius 1 is 1.17 bits per heavy atom. The van der Waals surface area contributed by atoms with E-state index in [-0.39, 0.29) is 18.3 Å². The summed E-state index contributed by atoms with van der Waals surface area (Å²) in [5.74, 6) is 1.07. The number of hydrogen-bond donors (Lipinski definition) is 2. The molecule has 154 valence electrons. The highest BCUT2D eigenvalue weighted by Crippen LogP contribution is 2.32. The Bertz CT molecular complexity index is 968. The van der Waals surface area contributed by atoms with Gasteiger partial charge < -0.3 is 19.9 Å². The monoisotopic (exact) mass is 413 g/mol. The van der Waals surface area contributed by atoms with Crippen LogP contribution in [0.1, 0.15) is 18.9 Å². The summed E-state index contributed by atoms with van der Waals surface area (Å²) < 4.78 is 5.28. The molecule has 5 nitrogen and oxygen atoms in total. The number of benzene rings is 2. The van der Waals surface area contributed by atoms with Gasteiger partial charge in [0.15, 0.2) is 0 Å². The van der Waals surface area contributed by atoms with E-state index in [0.29, 0.717) is 12.5 Å². The first-order valence-electron chi connectivity index (χ1n) is 9.91. The van der Waals surface area contributed by atoms with Crippen LogP contribution in [0.5, 0.6) is 5.75 Å². The number of rotatable bonds is 5. The molecular formula is C23H28ClN3O2. The molecule has 0 unspecified atom stereocenters. The number of piperazine rings is 1. The zero-order valence-electron chi connectivity index (χ0n) is 16.9. The molecule has 1 aliphatic heterocycles. The van der Waals surface area contributed by atoms with Crippen LogP contribution in [0, 0.1) is 0 Å². The second-order valence-electron chi connectivity index (χ2n) is 7.45. The Hall–Kier alpha value is -2.50. The molecule has 2 aromatic carbocycles. The number of hydrogen-bond acceptors (Lipinski definition) is 3. The fourth-order valence-electron chi connectivity index (χ4n) is 4.01. The molecule has 0 aliphatic carbocycles. The zero-order chi connectivity index (χ0) is 19.5. The van der Waals surface area contributed by atoms with E-state index in [2.05, 4.69) is 47.6 Å². The number of fused-ring (bicyclic) bond motifs is 1. The molecule has 1 aliphatic rings. The van der Waals surface area contributed by atoms with Crippen molar-refractivity contribution < 1.29 is 9.53 Å². The predicted octanol–water partition coefficient (Wildman–Crippen LogP) is 4.02. The van der Waals surface area contributed by atoms with Gasteiger partial charge in [0.2, 0.25) is 5.91 Å². The van der Waals surface area contributed by atoms with Crippen LogP contribution in [-0.2, 0) is 11.2 Å². The van der Waals surface area contributed by atoms with Crippen molar-refractivity contribution in [1.29, 1.82) is 0 Å². The van der Waals surface area contributed by atoms with Crippen LogP contribution in [0.2, 0.25) is 0 Å². The Balaban J connectivity index is 0.00000240. The lowest BCUT2D eigenvalue weighted by Crippen LogP contribution is -2.51. The highest BCUT2D eigenvalue weighted by atomic mass is 35.5. The van der Waals surface area contributed by atoms with Crippen molar-refractivity contribution in [3.8, 4) is 17.0 Å². The minimum absolute atomic E-state index is 0. The van der Waals surface area contributed by atoms with Crippen molar-refractivity contribution in [1.82, 2.24) is 15.2 Å². The number of amides is 1. The molecule has 0 spiro atoms. The Labute approximate surface area is 177 Å². The number of H-pyrrole nitrogens is 1. The summed E-state index contributed by atoms with van der Waals surface area (Å²) in [5.41, 5.74) is 4.50. The normalized spacial score (nSPS) is 16.5. The lowest BCUT2D eigenvalue weighted by atomic mass is 10.0. The van der Waals surface area contributed by atoms with E-state index in [1.165, 1.54) is 10.9 Å². The molecule has 2 heterocycles. The van der Waals surface area contributed by atoms with E-state index in [1.54, 1.807) is 7.11 Å². The molecule has 1 amide bonds. The van der Waals surface area contributed by atoms with E-state index in [1.807, 2.05) is 23.1 Å². The molecule has 0 radical (unpaired) electrons. The van der Waals surface area contributed by atoms with Gasteiger partial charge in [-0.05, 0) is 54.8 Å². The fraction of sp³-hybridized carbons (Fsp3) is 0.348. The molecule has 0 bridgehead atoms.